The van der Waals surface area contributed by atoms with E-state index in [1.165, 1.54) is 0 Å². The monoisotopic (exact) mass is 413 g/mol. The maximum Gasteiger partial charge on any atom is 0.265 e. The van der Waals surface area contributed by atoms with Crippen LogP contribution in [0.15, 0.2) is 50.3 Å². The Morgan fingerprint density at radius 3 is 2.57 bits per heavy atom. The number of nitrogens with two attached hydrogens (primary N) is 1. The van der Waals surface area contributed by atoms with Crippen molar-refractivity contribution in [2.75, 3.05) is 0 Å². The summed E-state index contributed by atoms with van der Waals surface area (Å²) in [6.07, 6.45) is 1.89. The maximum absolute atomic E-state index is 12.1. The lowest BCUT2D eigenvalue weighted by Crippen LogP contribution is -2.31. The number of aromatic nitrogens is 1. The third kappa shape index (κ3) is 4.03. The topological polar surface area (TPSA) is 77.1 Å². The summed E-state index contributed by atoms with van der Waals surface area (Å²) in [5, 5.41) is 0. The third-order valence-corrected chi connectivity index (χ3v) is 3.98. The van der Waals surface area contributed by atoms with Crippen molar-refractivity contribution in [3.63, 3.8) is 0 Å². The van der Waals surface area contributed by atoms with E-state index in [1.807, 2.05) is 24.3 Å². The number of hydrogen-bond donors (Lipinski definition) is 2. The van der Waals surface area contributed by atoms with E-state index in [0.29, 0.717) is 11.0 Å². The van der Waals surface area contributed by atoms with Gasteiger partial charge in [0.25, 0.3) is 5.56 Å². The highest BCUT2D eigenvalue weighted by Gasteiger charge is 2.09. The SMILES string of the molecule is NNC(=O)Cc1ccccc1Cn1cc(Br)cc(Br)c1=O. The molecule has 7 heteroatoms. The molecule has 2 aromatic rings. The number of carbonyl (C=O) groups is 1. The van der Waals surface area contributed by atoms with Crippen molar-refractivity contribution in [3.05, 3.63) is 67.0 Å². The summed E-state index contributed by atoms with van der Waals surface area (Å²) >= 11 is 6.60. The third-order valence-electron chi connectivity index (χ3n) is 2.98. The van der Waals surface area contributed by atoms with Crippen LogP contribution in [0.1, 0.15) is 11.1 Å². The molecule has 21 heavy (non-hydrogen) atoms. The van der Waals surface area contributed by atoms with Gasteiger partial charge in [0.1, 0.15) is 0 Å². The minimum Gasteiger partial charge on any atom is -0.309 e. The number of hydrogen-bond acceptors (Lipinski definition) is 3. The lowest BCUT2D eigenvalue weighted by molar-refractivity contribution is -0.120. The van der Waals surface area contributed by atoms with Crippen LogP contribution in [-0.4, -0.2) is 10.5 Å². The first-order valence-corrected chi connectivity index (χ1v) is 7.71. The molecule has 0 aliphatic carbocycles. The Balaban J connectivity index is 2.36. The van der Waals surface area contributed by atoms with Crippen molar-refractivity contribution in [3.8, 4) is 0 Å². The van der Waals surface area contributed by atoms with Crippen molar-refractivity contribution in [1.82, 2.24) is 9.99 Å². The number of hydrazine groups is 1. The van der Waals surface area contributed by atoms with E-state index < -0.39 is 0 Å². The summed E-state index contributed by atoms with van der Waals surface area (Å²) in [6, 6.07) is 9.16. The van der Waals surface area contributed by atoms with Gasteiger partial charge in [-0.1, -0.05) is 24.3 Å². The Bertz CT molecular complexity index is 728. The van der Waals surface area contributed by atoms with Gasteiger partial charge in [-0.15, -0.1) is 0 Å². The zero-order valence-corrected chi connectivity index (χ0v) is 14.1. The molecule has 1 aromatic heterocycles. The van der Waals surface area contributed by atoms with E-state index in [-0.39, 0.29) is 17.9 Å². The van der Waals surface area contributed by atoms with Crippen LogP contribution >= 0.6 is 31.9 Å². The van der Waals surface area contributed by atoms with Gasteiger partial charge in [-0.05, 0) is 49.1 Å². The molecule has 0 aliphatic heterocycles. The molecule has 0 unspecified atom stereocenters. The zero-order valence-electron chi connectivity index (χ0n) is 11.0. The second-order valence-corrected chi connectivity index (χ2v) is 6.22. The van der Waals surface area contributed by atoms with E-state index in [9.17, 15) is 9.59 Å². The molecule has 1 heterocycles. The number of nitrogens with zero attached hydrogens (tertiary/aromatic N) is 1. The van der Waals surface area contributed by atoms with Crippen LogP contribution in [-0.2, 0) is 17.8 Å². The maximum atomic E-state index is 12.1. The molecule has 0 bridgehead atoms. The Morgan fingerprint density at radius 2 is 1.90 bits per heavy atom. The molecule has 0 aliphatic rings. The van der Waals surface area contributed by atoms with Crippen molar-refractivity contribution >= 4 is 37.8 Å². The fraction of sp³-hybridized carbons (Fsp3) is 0.143. The lowest BCUT2D eigenvalue weighted by atomic mass is 10.0. The van der Waals surface area contributed by atoms with E-state index in [0.717, 1.165) is 15.6 Å². The summed E-state index contributed by atoms with van der Waals surface area (Å²) in [5.41, 5.74) is 3.72. The molecule has 0 fully saturated rings. The van der Waals surface area contributed by atoms with Gasteiger partial charge in [0.2, 0.25) is 5.91 Å². The van der Waals surface area contributed by atoms with Gasteiger partial charge < -0.3 is 4.57 Å². The van der Waals surface area contributed by atoms with Gasteiger partial charge in [-0.3, -0.25) is 15.0 Å². The minimum absolute atomic E-state index is 0.128. The molecule has 110 valence electrons. The number of pyridine rings is 1. The predicted octanol–water partition coefficient (Wildman–Crippen LogP) is 1.95. The highest BCUT2D eigenvalue weighted by Crippen LogP contribution is 2.15. The van der Waals surface area contributed by atoms with Gasteiger partial charge in [-0.2, -0.15) is 0 Å². The molecule has 0 saturated carbocycles. The second kappa shape index (κ2) is 7.02. The average molecular weight is 415 g/mol. The highest BCUT2D eigenvalue weighted by molar-refractivity contribution is 9.11. The molecule has 5 nitrogen and oxygen atoms in total. The second-order valence-electron chi connectivity index (χ2n) is 4.45. The summed E-state index contributed by atoms with van der Waals surface area (Å²) in [7, 11) is 0. The fourth-order valence-electron chi connectivity index (χ4n) is 1.97. The fourth-order valence-corrected chi connectivity index (χ4v) is 3.23. The van der Waals surface area contributed by atoms with Crippen LogP contribution in [0.25, 0.3) is 0 Å². The predicted molar refractivity (Wildman–Crippen MR) is 87.7 cm³/mol. The summed E-state index contributed by atoms with van der Waals surface area (Å²) < 4.78 is 2.85. The molecule has 3 N–H and O–H groups in total. The Morgan fingerprint density at radius 1 is 1.24 bits per heavy atom. The van der Waals surface area contributed by atoms with E-state index in [1.54, 1.807) is 16.8 Å². The van der Waals surface area contributed by atoms with Crippen LogP contribution < -0.4 is 16.8 Å². The summed E-state index contributed by atoms with van der Waals surface area (Å²) in [5.74, 6) is 4.85. The van der Waals surface area contributed by atoms with Crippen LogP contribution in [0.2, 0.25) is 0 Å². The van der Waals surface area contributed by atoms with E-state index >= 15 is 0 Å². The number of benzene rings is 1. The number of rotatable bonds is 4. The Hall–Kier alpha value is -1.44. The van der Waals surface area contributed by atoms with Gasteiger partial charge in [-0.25, -0.2) is 5.84 Å². The average Bonchev–Trinajstić information content (AvgIpc) is 2.46. The van der Waals surface area contributed by atoms with Crippen molar-refractivity contribution in [2.24, 2.45) is 5.84 Å². The largest absolute Gasteiger partial charge is 0.309 e. The number of nitrogens with one attached hydrogen (secondary N) is 1. The molecule has 1 aromatic carbocycles. The van der Waals surface area contributed by atoms with Gasteiger partial charge in [0.05, 0.1) is 17.4 Å². The van der Waals surface area contributed by atoms with Crippen LogP contribution in [0.5, 0.6) is 0 Å². The van der Waals surface area contributed by atoms with E-state index in [4.69, 9.17) is 5.84 Å². The molecule has 0 radical (unpaired) electrons. The molecular formula is C14H13Br2N3O2. The Kier molecular flexibility index (Phi) is 5.33. The normalized spacial score (nSPS) is 10.4. The standard InChI is InChI=1S/C14H13Br2N3O2/c15-11-6-12(16)14(21)19(8-11)7-10-4-2-1-3-9(10)5-13(20)18-17/h1-4,6,8H,5,7,17H2,(H,18,20). The summed E-state index contributed by atoms with van der Waals surface area (Å²) in [4.78, 5) is 23.6. The summed E-state index contributed by atoms with van der Waals surface area (Å²) in [6.45, 7) is 0.380. The first-order chi connectivity index (χ1) is 10.0. The number of amides is 1. The number of carbonyl (C=O) groups excluding carboxylic acids is 1. The molecule has 0 atom stereocenters. The first-order valence-electron chi connectivity index (χ1n) is 6.13. The quantitative estimate of drug-likeness (QED) is 0.456. The molecule has 0 spiro atoms. The molecule has 0 saturated heterocycles. The zero-order chi connectivity index (χ0) is 15.4. The van der Waals surface area contributed by atoms with Gasteiger partial charge >= 0.3 is 0 Å². The van der Waals surface area contributed by atoms with Crippen LogP contribution in [0.4, 0.5) is 0 Å². The van der Waals surface area contributed by atoms with Crippen molar-refractivity contribution in [1.29, 1.82) is 0 Å². The van der Waals surface area contributed by atoms with Crippen molar-refractivity contribution < 1.29 is 4.79 Å². The molecular weight excluding hydrogens is 402 g/mol. The van der Waals surface area contributed by atoms with Gasteiger partial charge in [0.15, 0.2) is 0 Å². The number of halogens is 2. The first kappa shape index (κ1) is 15.9. The van der Waals surface area contributed by atoms with Crippen LogP contribution in [0.3, 0.4) is 0 Å². The molecule has 2 rings (SSSR count). The smallest absolute Gasteiger partial charge is 0.265 e. The molecule has 1 amide bonds. The lowest BCUT2D eigenvalue weighted by Gasteiger charge is -2.11. The van der Waals surface area contributed by atoms with Crippen molar-refractivity contribution in [2.45, 2.75) is 13.0 Å². The Labute approximate surface area is 138 Å². The van der Waals surface area contributed by atoms with Crippen LogP contribution in [0, 0.1) is 0 Å². The highest BCUT2D eigenvalue weighted by atomic mass is 79.9. The van der Waals surface area contributed by atoms with Gasteiger partial charge in [0, 0.05) is 10.7 Å². The van der Waals surface area contributed by atoms with E-state index in [2.05, 4.69) is 37.3 Å². The minimum atomic E-state index is -0.273.